The maximum atomic E-state index is 14.0. The molecule has 1 atom stereocenters. The summed E-state index contributed by atoms with van der Waals surface area (Å²) < 4.78 is 41.1. The van der Waals surface area contributed by atoms with E-state index in [4.69, 9.17) is 28.9 Å². The summed E-state index contributed by atoms with van der Waals surface area (Å²) in [5, 5.41) is 11.7. The Labute approximate surface area is 269 Å². The molecular formula is C34H30Cl2F3N3OS. The fourth-order valence-corrected chi connectivity index (χ4v) is 7.64. The van der Waals surface area contributed by atoms with Crippen molar-refractivity contribution in [3.05, 3.63) is 115 Å². The number of carbonyl (C=O) groups excluding carboxylic acids is 1. The Morgan fingerprint density at radius 3 is 2.50 bits per heavy atom. The van der Waals surface area contributed by atoms with Crippen LogP contribution in [0.15, 0.2) is 82.2 Å². The number of nitrogens with zero attached hydrogens (tertiary/aromatic N) is 2. The van der Waals surface area contributed by atoms with Gasteiger partial charge in [0.2, 0.25) is 0 Å². The van der Waals surface area contributed by atoms with Gasteiger partial charge in [-0.15, -0.1) is 11.8 Å². The van der Waals surface area contributed by atoms with E-state index in [0.29, 0.717) is 33.5 Å². The van der Waals surface area contributed by atoms with Gasteiger partial charge in [-0.1, -0.05) is 60.8 Å². The van der Waals surface area contributed by atoms with Crippen LogP contribution in [0.4, 0.5) is 18.9 Å². The molecule has 0 saturated heterocycles. The summed E-state index contributed by atoms with van der Waals surface area (Å²) in [4.78, 5) is 16.3. The number of rotatable bonds is 5. The number of aryl methyl sites for hydroxylation is 1. The van der Waals surface area contributed by atoms with Gasteiger partial charge < -0.3 is 5.73 Å². The van der Waals surface area contributed by atoms with E-state index in [1.807, 2.05) is 33.8 Å². The highest BCUT2D eigenvalue weighted by molar-refractivity contribution is 7.98. The largest absolute Gasteiger partial charge is 0.416 e. The highest BCUT2D eigenvalue weighted by Crippen LogP contribution is 2.51. The number of allylic oxidation sites excluding steroid dienone is 3. The SMILES string of the molecule is Cc1cc(CSc2cc(Cl)ccc2Cl)c(C)c(C2C(C#N)=C(N)N(c3cccc(C(F)(F)F)c3)C3=C2C(=O)CC(C)(C)C3)c1. The van der Waals surface area contributed by atoms with Gasteiger partial charge in [0.15, 0.2) is 5.78 Å². The molecule has 1 aliphatic carbocycles. The summed E-state index contributed by atoms with van der Waals surface area (Å²) in [5.74, 6) is -0.346. The molecule has 0 spiro atoms. The lowest BCUT2D eigenvalue weighted by Gasteiger charge is -2.44. The Morgan fingerprint density at radius 2 is 1.82 bits per heavy atom. The number of halogens is 5. The predicted octanol–water partition coefficient (Wildman–Crippen LogP) is 9.86. The molecule has 10 heteroatoms. The third-order valence-electron chi connectivity index (χ3n) is 8.10. The van der Waals surface area contributed by atoms with Crippen molar-refractivity contribution in [3.8, 4) is 6.07 Å². The molecule has 0 saturated carbocycles. The quantitative estimate of drug-likeness (QED) is 0.277. The minimum Gasteiger partial charge on any atom is -0.384 e. The first-order chi connectivity index (χ1) is 20.6. The zero-order valence-corrected chi connectivity index (χ0v) is 26.9. The van der Waals surface area contributed by atoms with Gasteiger partial charge in [-0.2, -0.15) is 18.4 Å². The van der Waals surface area contributed by atoms with Crippen molar-refractivity contribution in [1.82, 2.24) is 0 Å². The number of ketones is 1. The number of hydrogen-bond donors (Lipinski definition) is 1. The van der Waals surface area contributed by atoms with Gasteiger partial charge in [-0.05, 0) is 78.8 Å². The van der Waals surface area contributed by atoms with Crippen LogP contribution in [-0.4, -0.2) is 5.78 Å². The van der Waals surface area contributed by atoms with Gasteiger partial charge in [0.1, 0.15) is 5.82 Å². The molecule has 0 bridgehead atoms. The summed E-state index contributed by atoms with van der Waals surface area (Å²) in [6, 6.07) is 16.3. The van der Waals surface area contributed by atoms with Crippen LogP contribution in [0.1, 0.15) is 60.4 Å². The van der Waals surface area contributed by atoms with E-state index in [1.165, 1.54) is 28.8 Å². The summed E-state index contributed by atoms with van der Waals surface area (Å²) in [6.45, 7) is 7.79. The Kier molecular flexibility index (Phi) is 8.62. The number of benzene rings is 3. The summed E-state index contributed by atoms with van der Waals surface area (Å²) in [6.07, 6.45) is -3.95. The average molecular weight is 657 g/mol. The third kappa shape index (κ3) is 6.10. The highest BCUT2D eigenvalue weighted by atomic mass is 35.5. The summed E-state index contributed by atoms with van der Waals surface area (Å²) in [7, 11) is 0. The average Bonchev–Trinajstić information content (AvgIpc) is 2.93. The first-order valence-corrected chi connectivity index (χ1v) is 15.7. The Balaban J connectivity index is 1.68. The number of Topliss-reactive ketones (excluding diaryl/α,β-unsaturated/α-hetero) is 1. The van der Waals surface area contributed by atoms with Crippen LogP contribution in [0.2, 0.25) is 10.0 Å². The van der Waals surface area contributed by atoms with Crippen molar-refractivity contribution >= 4 is 46.4 Å². The van der Waals surface area contributed by atoms with Crippen LogP contribution < -0.4 is 10.6 Å². The Hall–Kier alpha value is -3.38. The lowest BCUT2D eigenvalue weighted by atomic mass is 9.68. The van der Waals surface area contributed by atoms with Crippen molar-refractivity contribution in [1.29, 1.82) is 5.26 Å². The van der Waals surface area contributed by atoms with Crippen molar-refractivity contribution < 1.29 is 18.0 Å². The first kappa shape index (κ1) is 32.0. The number of nitrogens with two attached hydrogens (primary N) is 1. The van der Waals surface area contributed by atoms with E-state index in [0.717, 1.165) is 39.3 Å². The summed E-state index contributed by atoms with van der Waals surface area (Å²) in [5.41, 5.74) is 10.2. The molecule has 3 aromatic carbocycles. The zero-order chi connectivity index (χ0) is 32.1. The molecular weight excluding hydrogens is 626 g/mol. The van der Waals surface area contributed by atoms with Crippen molar-refractivity contribution in [3.63, 3.8) is 0 Å². The van der Waals surface area contributed by atoms with E-state index in [-0.39, 0.29) is 29.3 Å². The highest BCUT2D eigenvalue weighted by Gasteiger charge is 2.45. The maximum Gasteiger partial charge on any atom is 0.416 e. The monoisotopic (exact) mass is 655 g/mol. The fourth-order valence-electron chi connectivity index (χ4n) is 6.09. The smallest absolute Gasteiger partial charge is 0.384 e. The van der Waals surface area contributed by atoms with Crippen LogP contribution in [0.25, 0.3) is 0 Å². The predicted molar refractivity (Wildman–Crippen MR) is 170 cm³/mol. The number of carbonyl (C=O) groups is 1. The van der Waals surface area contributed by atoms with Crippen molar-refractivity contribution in [2.24, 2.45) is 11.1 Å². The standard InChI is InChI=1S/C34H30Cl2F3N3OS/c1-18-10-20(17-44-29-13-22(35)8-9-26(29)36)19(2)24(11-18)30-25(16-40)32(41)42(23-7-5-6-21(12-23)34(37,38)39)27-14-33(3,4)15-28(43)31(27)30/h5-13,30H,14-15,17,41H2,1-4H3. The molecule has 2 N–H and O–H groups in total. The van der Waals surface area contributed by atoms with Crippen LogP contribution >= 0.6 is 35.0 Å². The third-order valence-corrected chi connectivity index (χ3v) is 9.88. The molecule has 1 aliphatic heterocycles. The first-order valence-electron chi connectivity index (χ1n) is 13.9. The molecule has 1 unspecified atom stereocenters. The van der Waals surface area contributed by atoms with Gasteiger partial charge in [0.25, 0.3) is 0 Å². The molecule has 0 amide bonds. The van der Waals surface area contributed by atoms with Crippen molar-refractivity contribution in [2.75, 3.05) is 4.90 Å². The zero-order valence-electron chi connectivity index (χ0n) is 24.6. The maximum absolute atomic E-state index is 14.0. The van der Waals surface area contributed by atoms with E-state index in [1.54, 1.807) is 18.2 Å². The Morgan fingerprint density at radius 1 is 1.09 bits per heavy atom. The van der Waals surface area contributed by atoms with E-state index < -0.39 is 23.1 Å². The Bertz CT molecular complexity index is 1790. The molecule has 44 heavy (non-hydrogen) atoms. The van der Waals surface area contributed by atoms with Crippen LogP contribution in [-0.2, 0) is 16.7 Å². The fraction of sp³-hybridized carbons (Fsp3) is 0.294. The van der Waals surface area contributed by atoms with Gasteiger partial charge in [-0.25, -0.2) is 0 Å². The topological polar surface area (TPSA) is 70.1 Å². The molecule has 5 rings (SSSR count). The van der Waals surface area contributed by atoms with Gasteiger partial charge in [0.05, 0.1) is 28.1 Å². The molecule has 2 aliphatic rings. The number of anilines is 1. The normalized spacial score (nSPS) is 18.4. The molecule has 1 heterocycles. The van der Waals surface area contributed by atoms with Crippen LogP contribution in [0, 0.1) is 30.6 Å². The minimum atomic E-state index is -4.58. The lowest BCUT2D eigenvalue weighted by Crippen LogP contribution is -2.42. The second kappa shape index (κ2) is 11.8. The second-order valence-electron chi connectivity index (χ2n) is 12.0. The number of nitriles is 1. The lowest BCUT2D eigenvalue weighted by molar-refractivity contribution is -0.137. The van der Waals surface area contributed by atoms with Gasteiger partial charge >= 0.3 is 6.18 Å². The second-order valence-corrected chi connectivity index (χ2v) is 13.9. The molecule has 0 aromatic heterocycles. The molecule has 0 fully saturated rings. The van der Waals surface area contributed by atoms with E-state index >= 15 is 0 Å². The van der Waals surface area contributed by atoms with E-state index in [2.05, 4.69) is 12.1 Å². The van der Waals surface area contributed by atoms with E-state index in [9.17, 15) is 23.2 Å². The van der Waals surface area contributed by atoms with Crippen LogP contribution in [0.3, 0.4) is 0 Å². The van der Waals surface area contributed by atoms with Gasteiger partial charge in [0, 0.05) is 39.0 Å². The molecule has 0 radical (unpaired) electrons. The molecule has 4 nitrogen and oxygen atoms in total. The van der Waals surface area contributed by atoms with Gasteiger partial charge in [-0.3, -0.25) is 9.69 Å². The van der Waals surface area contributed by atoms with Crippen molar-refractivity contribution in [2.45, 2.75) is 63.3 Å². The minimum absolute atomic E-state index is 0.0172. The molecule has 228 valence electrons. The van der Waals surface area contributed by atoms with Crippen LogP contribution in [0.5, 0.6) is 0 Å². The number of alkyl halides is 3. The number of hydrogen-bond acceptors (Lipinski definition) is 5. The molecule has 3 aromatic rings. The summed E-state index contributed by atoms with van der Waals surface area (Å²) >= 11 is 14.1. The number of thioether (sulfide) groups is 1.